The first-order valence-corrected chi connectivity index (χ1v) is 9.23. The van der Waals surface area contributed by atoms with Crippen molar-refractivity contribution in [3.05, 3.63) is 41.5 Å². The number of ether oxygens (including phenoxy) is 1. The van der Waals surface area contributed by atoms with Crippen LogP contribution in [0.5, 0.6) is 0 Å². The van der Waals surface area contributed by atoms with Crippen molar-refractivity contribution in [2.45, 2.75) is 6.92 Å². The van der Waals surface area contributed by atoms with Gasteiger partial charge in [-0.15, -0.1) is 0 Å². The fourth-order valence-electron chi connectivity index (χ4n) is 3.18. The zero-order valence-corrected chi connectivity index (χ0v) is 15.4. The summed E-state index contributed by atoms with van der Waals surface area (Å²) in [6.07, 6.45) is 3.47. The normalized spacial score (nSPS) is 19.1. The summed E-state index contributed by atoms with van der Waals surface area (Å²) in [4.78, 5) is 30.6. The molecule has 0 unspecified atom stereocenters. The van der Waals surface area contributed by atoms with Gasteiger partial charge in [-0.25, -0.2) is 0 Å². The highest BCUT2D eigenvalue weighted by Gasteiger charge is 2.24. The van der Waals surface area contributed by atoms with Gasteiger partial charge in [0.15, 0.2) is 0 Å². The van der Waals surface area contributed by atoms with Crippen molar-refractivity contribution in [3.8, 4) is 0 Å². The second-order valence-corrected chi connectivity index (χ2v) is 6.84. The van der Waals surface area contributed by atoms with Crippen LogP contribution in [0.2, 0.25) is 0 Å². The first-order chi connectivity index (χ1) is 12.6. The van der Waals surface area contributed by atoms with E-state index in [9.17, 15) is 9.59 Å². The molecule has 3 rings (SSSR count). The lowest BCUT2D eigenvalue weighted by Crippen LogP contribution is -2.53. The molecule has 1 aromatic rings. The molecular weight excluding hydrogens is 330 g/mol. The third-order valence-corrected chi connectivity index (χ3v) is 4.90. The maximum atomic E-state index is 12.4. The molecule has 2 aliphatic rings. The van der Waals surface area contributed by atoms with Crippen molar-refractivity contribution >= 4 is 17.9 Å². The summed E-state index contributed by atoms with van der Waals surface area (Å²) in [7, 11) is 0. The average Bonchev–Trinajstić information content (AvgIpc) is 2.68. The van der Waals surface area contributed by atoms with E-state index >= 15 is 0 Å². The Morgan fingerprint density at radius 2 is 1.58 bits per heavy atom. The molecule has 0 aliphatic carbocycles. The van der Waals surface area contributed by atoms with Gasteiger partial charge in [0.25, 0.3) is 0 Å². The Morgan fingerprint density at radius 3 is 2.23 bits per heavy atom. The number of aryl methyl sites for hydroxylation is 1. The van der Waals surface area contributed by atoms with E-state index in [-0.39, 0.29) is 11.8 Å². The molecule has 0 saturated carbocycles. The highest BCUT2D eigenvalue weighted by atomic mass is 16.5. The number of carbonyl (C=O) groups is 2. The molecule has 140 valence electrons. The predicted octanol–water partition coefficient (Wildman–Crippen LogP) is 1.01. The standard InChI is InChI=1S/C20H27N3O3/c1-17-2-4-18(5-3-17)6-7-19(24)22-8-10-23(11-9-22)20(25)16-21-12-14-26-15-13-21/h2-7H,8-16H2,1H3/b7-6+. The zero-order valence-electron chi connectivity index (χ0n) is 15.4. The van der Waals surface area contributed by atoms with Gasteiger partial charge in [-0.1, -0.05) is 29.8 Å². The molecular formula is C20H27N3O3. The highest BCUT2D eigenvalue weighted by molar-refractivity contribution is 5.92. The summed E-state index contributed by atoms with van der Waals surface area (Å²) in [6, 6.07) is 8.06. The number of nitrogens with zero attached hydrogens (tertiary/aromatic N) is 3. The van der Waals surface area contributed by atoms with Crippen molar-refractivity contribution in [1.82, 2.24) is 14.7 Å². The Kier molecular flexibility index (Phi) is 6.41. The topological polar surface area (TPSA) is 53.1 Å². The second kappa shape index (κ2) is 8.96. The smallest absolute Gasteiger partial charge is 0.246 e. The van der Waals surface area contributed by atoms with Crippen molar-refractivity contribution in [2.24, 2.45) is 0 Å². The van der Waals surface area contributed by atoms with E-state index in [1.807, 2.05) is 47.1 Å². The van der Waals surface area contributed by atoms with Crippen LogP contribution in [-0.2, 0) is 14.3 Å². The first kappa shape index (κ1) is 18.6. The monoisotopic (exact) mass is 357 g/mol. The van der Waals surface area contributed by atoms with Crippen LogP contribution < -0.4 is 0 Å². The van der Waals surface area contributed by atoms with Gasteiger partial charge in [-0.3, -0.25) is 14.5 Å². The quantitative estimate of drug-likeness (QED) is 0.755. The summed E-state index contributed by atoms with van der Waals surface area (Å²) < 4.78 is 5.31. The molecule has 2 aliphatic heterocycles. The number of benzene rings is 1. The number of amides is 2. The maximum absolute atomic E-state index is 12.4. The van der Waals surface area contributed by atoms with Gasteiger partial charge in [0.2, 0.25) is 11.8 Å². The average molecular weight is 357 g/mol. The van der Waals surface area contributed by atoms with Gasteiger partial charge in [-0.2, -0.15) is 0 Å². The molecule has 2 heterocycles. The Labute approximate surface area is 155 Å². The number of piperazine rings is 1. The summed E-state index contributed by atoms with van der Waals surface area (Å²) in [6.45, 7) is 7.90. The minimum Gasteiger partial charge on any atom is -0.379 e. The van der Waals surface area contributed by atoms with Gasteiger partial charge in [0.1, 0.15) is 0 Å². The molecule has 0 atom stereocenters. The van der Waals surface area contributed by atoms with E-state index in [0.717, 1.165) is 18.7 Å². The van der Waals surface area contributed by atoms with E-state index in [2.05, 4.69) is 4.90 Å². The van der Waals surface area contributed by atoms with Crippen LogP contribution in [0.4, 0.5) is 0 Å². The van der Waals surface area contributed by atoms with Gasteiger partial charge >= 0.3 is 0 Å². The van der Waals surface area contributed by atoms with Gasteiger partial charge in [0, 0.05) is 45.3 Å². The third-order valence-electron chi connectivity index (χ3n) is 4.90. The van der Waals surface area contributed by atoms with Crippen molar-refractivity contribution in [2.75, 3.05) is 59.0 Å². The Bertz CT molecular complexity index is 643. The fraction of sp³-hybridized carbons (Fsp3) is 0.500. The van der Waals surface area contributed by atoms with Crippen LogP contribution in [0.15, 0.2) is 30.3 Å². The summed E-state index contributed by atoms with van der Waals surface area (Å²) >= 11 is 0. The number of hydrogen-bond acceptors (Lipinski definition) is 4. The number of carbonyl (C=O) groups excluding carboxylic acids is 2. The minimum atomic E-state index is 0.00542. The van der Waals surface area contributed by atoms with Crippen LogP contribution in [0, 0.1) is 6.92 Å². The molecule has 0 radical (unpaired) electrons. The SMILES string of the molecule is Cc1ccc(/C=C/C(=O)N2CCN(C(=O)CN3CCOCC3)CC2)cc1. The van der Waals surface area contributed by atoms with Crippen LogP contribution in [0.1, 0.15) is 11.1 Å². The Hall–Kier alpha value is -2.18. The number of morpholine rings is 1. The van der Waals surface area contributed by atoms with E-state index in [1.165, 1.54) is 5.56 Å². The largest absolute Gasteiger partial charge is 0.379 e. The maximum Gasteiger partial charge on any atom is 0.246 e. The van der Waals surface area contributed by atoms with E-state index in [1.54, 1.807) is 6.08 Å². The lowest BCUT2D eigenvalue weighted by molar-refractivity contribution is -0.138. The fourth-order valence-corrected chi connectivity index (χ4v) is 3.18. The summed E-state index contributed by atoms with van der Waals surface area (Å²) in [5.41, 5.74) is 2.22. The van der Waals surface area contributed by atoms with E-state index < -0.39 is 0 Å². The van der Waals surface area contributed by atoms with Crippen LogP contribution >= 0.6 is 0 Å². The van der Waals surface area contributed by atoms with Gasteiger partial charge in [-0.05, 0) is 18.6 Å². The van der Waals surface area contributed by atoms with Crippen molar-refractivity contribution in [1.29, 1.82) is 0 Å². The predicted molar refractivity (Wildman–Crippen MR) is 101 cm³/mol. The molecule has 0 aromatic heterocycles. The second-order valence-electron chi connectivity index (χ2n) is 6.84. The summed E-state index contributed by atoms with van der Waals surface area (Å²) in [5.74, 6) is 0.153. The van der Waals surface area contributed by atoms with Crippen LogP contribution in [0.3, 0.4) is 0 Å². The molecule has 2 fully saturated rings. The molecule has 0 N–H and O–H groups in total. The lowest BCUT2D eigenvalue weighted by atomic mass is 10.1. The summed E-state index contributed by atoms with van der Waals surface area (Å²) in [5, 5.41) is 0. The van der Waals surface area contributed by atoms with E-state index in [4.69, 9.17) is 4.74 Å². The van der Waals surface area contributed by atoms with Crippen LogP contribution in [0.25, 0.3) is 6.08 Å². The zero-order chi connectivity index (χ0) is 18.4. The lowest BCUT2D eigenvalue weighted by Gasteiger charge is -2.36. The van der Waals surface area contributed by atoms with Crippen molar-refractivity contribution in [3.63, 3.8) is 0 Å². The minimum absolute atomic E-state index is 0.00542. The van der Waals surface area contributed by atoms with E-state index in [0.29, 0.717) is 45.9 Å². The molecule has 0 spiro atoms. The van der Waals surface area contributed by atoms with Crippen LogP contribution in [-0.4, -0.2) is 85.5 Å². The Balaban J connectivity index is 1.44. The molecule has 2 amide bonds. The van der Waals surface area contributed by atoms with Gasteiger partial charge in [0.05, 0.1) is 19.8 Å². The molecule has 6 nitrogen and oxygen atoms in total. The third kappa shape index (κ3) is 5.16. The highest BCUT2D eigenvalue weighted by Crippen LogP contribution is 2.08. The Morgan fingerprint density at radius 1 is 0.962 bits per heavy atom. The molecule has 1 aromatic carbocycles. The molecule has 26 heavy (non-hydrogen) atoms. The number of hydrogen-bond donors (Lipinski definition) is 0. The molecule has 2 saturated heterocycles. The first-order valence-electron chi connectivity index (χ1n) is 9.23. The number of rotatable bonds is 4. The molecule has 0 bridgehead atoms. The van der Waals surface area contributed by atoms with Gasteiger partial charge < -0.3 is 14.5 Å². The molecule has 6 heteroatoms. The van der Waals surface area contributed by atoms with Crippen molar-refractivity contribution < 1.29 is 14.3 Å².